The fraction of sp³-hybridized carbons (Fsp3) is 0.136. The third kappa shape index (κ3) is 5.90. The number of hydrogen-bond donors (Lipinski definition) is 4. The van der Waals surface area contributed by atoms with E-state index in [9.17, 15) is 22.8 Å². The monoisotopic (exact) mass is 455 g/mol. The van der Waals surface area contributed by atoms with Gasteiger partial charge in [0.1, 0.15) is 24.5 Å². The fourth-order valence-electron chi connectivity index (χ4n) is 2.90. The molecule has 0 saturated carbocycles. The fourth-order valence-corrected chi connectivity index (χ4v) is 3.96. The van der Waals surface area contributed by atoms with Crippen molar-refractivity contribution >= 4 is 38.9 Å². The summed E-state index contributed by atoms with van der Waals surface area (Å²) < 4.78 is 27.4. The molecule has 0 spiro atoms. The molecule has 1 atom stereocenters. The van der Waals surface area contributed by atoms with Crippen molar-refractivity contribution in [1.82, 2.24) is 5.43 Å². The van der Waals surface area contributed by atoms with E-state index in [1.165, 1.54) is 49.7 Å². The first-order chi connectivity index (χ1) is 15.1. The van der Waals surface area contributed by atoms with Crippen molar-refractivity contribution in [3.05, 3.63) is 78.1 Å². The van der Waals surface area contributed by atoms with Crippen LogP contribution in [0, 0.1) is 6.92 Å². The quantitative estimate of drug-likeness (QED) is 0.343. The van der Waals surface area contributed by atoms with Gasteiger partial charge < -0.3 is 0 Å². The molecule has 2 aromatic rings. The van der Waals surface area contributed by atoms with Gasteiger partial charge in [-0.2, -0.15) is 0 Å². The third-order valence-corrected chi connectivity index (χ3v) is 5.93. The number of allylic oxidation sites excluding steroid dienone is 1. The molecule has 0 aromatic heterocycles. The molecule has 32 heavy (non-hydrogen) atoms. The largest absolute Gasteiger partial charge is 0.298 e. The number of rotatable bonds is 8. The molecular weight excluding hydrogens is 432 g/mol. The minimum atomic E-state index is -3.72. The van der Waals surface area contributed by atoms with E-state index < -0.39 is 21.7 Å². The lowest BCUT2D eigenvalue weighted by molar-refractivity contribution is -0.781. The smallest absolute Gasteiger partial charge is 0.279 e. The van der Waals surface area contributed by atoms with Gasteiger partial charge in [0.2, 0.25) is 5.78 Å². The predicted octanol–water partition coefficient (Wildman–Crippen LogP) is 0.693. The molecule has 0 saturated heterocycles. The Morgan fingerprint density at radius 1 is 0.969 bits per heavy atom. The molecule has 0 fully saturated rings. The zero-order valence-electron chi connectivity index (χ0n) is 17.5. The Hall–Kier alpha value is -3.76. The van der Waals surface area contributed by atoms with E-state index in [0.717, 1.165) is 5.56 Å². The van der Waals surface area contributed by atoms with Gasteiger partial charge in [0, 0.05) is 18.7 Å². The van der Waals surface area contributed by atoms with E-state index in [-0.39, 0.29) is 22.8 Å². The van der Waals surface area contributed by atoms with Crippen LogP contribution in [0.15, 0.2) is 77.5 Å². The molecule has 10 heteroatoms. The molecule has 1 aliphatic rings. The van der Waals surface area contributed by atoms with Crippen molar-refractivity contribution in [2.45, 2.75) is 18.7 Å². The van der Waals surface area contributed by atoms with E-state index in [0.29, 0.717) is 16.3 Å². The van der Waals surface area contributed by atoms with Crippen LogP contribution in [0.1, 0.15) is 12.5 Å². The lowest BCUT2D eigenvalue weighted by atomic mass is 10.1. The molecule has 9 nitrogen and oxygen atoms in total. The van der Waals surface area contributed by atoms with Crippen molar-refractivity contribution in [3.63, 3.8) is 0 Å². The first kappa shape index (κ1) is 22.9. The summed E-state index contributed by atoms with van der Waals surface area (Å²) in [4.78, 5) is 36.3. The molecule has 166 valence electrons. The molecule has 4 N–H and O–H groups in total. The Morgan fingerprint density at radius 3 is 2.22 bits per heavy atom. The number of hydrazine groups is 1. The molecule has 0 aliphatic carbocycles. The Bertz CT molecular complexity index is 1200. The van der Waals surface area contributed by atoms with Crippen LogP contribution >= 0.6 is 0 Å². The van der Waals surface area contributed by atoms with Crippen LogP contribution in [0.5, 0.6) is 0 Å². The molecule has 0 bridgehead atoms. The lowest BCUT2D eigenvalue weighted by Gasteiger charge is -2.15. The number of quaternary nitrogens is 1. The Kier molecular flexibility index (Phi) is 6.86. The van der Waals surface area contributed by atoms with Crippen molar-refractivity contribution < 1.29 is 27.7 Å². The second-order valence-electron chi connectivity index (χ2n) is 7.28. The number of nitrogens with one attached hydrogen (secondary N) is 4. The number of carbonyl (C=O) groups is 3. The Labute approximate surface area is 185 Å². The summed E-state index contributed by atoms with van der Waals surface area (Å²) in [6.45, 7) is 3.43. The predicted molar refractivity (Wildman–Crippen MR) is 119 cm³/mol. The number of sulfonamides is 1. The summed E-state index contributed by atoms with van der Waals surface area (Å²) >= 11 is 0. The third-order valence-electron chi connectivity index (χ3n) is 4.53. The van der Waals surface area contributed by atoms with Crippen LogP contribution in [0.25, 0.3) is 0 Å². The summed E-state index contributed by atoms with van der Waals surface area (Å²) in [6, 6.07) is 12.7. The summed E-state index contributed by atoms with van der Waals surface area (Å²) in [5.74, 6) is -1.19. The van der Waals surface area contributed by atoms with Crippen LogP contribution in [-0.4, -0.2) is 32.4 Å². The van der Waals surface area contributed by atoms with E-state index >= 15 is 0 Å². The normalized spacial score (nSPS) is 15.6. The number of amides is 1. The SMILES string of the molecule is CC(=O)C[NH+]1C=CC(=O)C(C(=O)NNc2ccc(NS(=O)(=O)c3ccc(C)cc3)cc2)=C1. The van der Waals surface area contributed by atoms with Gasteiger partial charge in [-0.1, -0.05) is 17.7 Å². The Balaban J connectivity index is 1.60. The summed E-state index contributed by atoms with van der Waals surface area (Å²) in [5.41, 5.74) is 6.79. The molecule has 0 radical (unpaired) electrons. The van der Waals surface area contributed by atoms with Crippen molar-refractivity contribution in [1.29, 1.82) is 0 Å². The summed E-state index contributed by atoms with van der Waals surface area (Å²) in [7, 11) is -3.72. The van der Waals surface area contributed by atoms with E-state index in [1.54, 1.807) is 24.3 Å². The molecule has 1 aliphatic heterocycles. The highest BCUT2D eigenvalue weighted by Gasteiger charge is 2.24. The average molecular weight is 456 g/mol. The van der Waals surface area contributed by atoms with E-state index in [4.69, 9.17) is 0 Å². The lowest BCUT2D eigenvalue weighted by Crippen LogP contribution is -3.04. The maximum atomic E-state index is 12.5. The summed E-state index contributed by atoms with van der Waals surface area (Å²) in [5, 5.41) is 0. The number of benzene rings is 2. The van der Waals surface area contributed by atoms with E-state index in [2.05, 4.69) is 15.6 Å². The molecule has 2 aromatic carbocycles. The number of carbonyl (C=O) groups excluding carboxylic acids is 3. The van der Waals surface area contributed by atoms with Gasteiger partial charge in [0.15, 0.2) is 5.78 Å². The zero-order valence-corrected chi connectivity index (χ0v) is 18.3. The molecular formula is C22H23N4O5S+. The van der Waals surface area contributed by atoms with Gasteiger partial charge in [0.25, 0.3) is 15.9 Å². The zero-order chi connectivity index (χ0) is 23.3. The van der Waals surface area contributed by atoms with Gasteiger partial charge in [-0.05, 0) is 43.3 Å². The van der Waals surface area contributed by atoms with Crippen molar-refractivity contribution in [2.24, 2.45) is 0 Å². The molecule has 3 rings (SSSR count). The molecule has 1 amide bonds. The first-order valence-corrected chi connectivity index (χ1v) is 11.2. The number of anilines is 2. The highest BCUT2D eigenvalue weighted by atomic mass is 32.2. The van der Waals surface area contributed by atoms with Gasteiger partial charge in [-0.25, -0.2) is 8.42 Å². The van der Waals surface area contributed by atoms with Gasteiger partial charge in [-0.15, -0.1) is 0 Å². The maximum absolute atomic E-state index is 12.5. The first-order valence-electron chi connectivity index (χ1n) is 9.69. The van der Waals surface area contributed by atoms with Crippen molar-refractivity contribution in [2.75, 3.05) is 16.7 Å². The van der Waals surface area contributed by atoms with Gasteiger partial charge >= 0.3 is 0 Å². The van der Waals surface area contributed by atoms with Crippen LogP contribution in [0.2, 0.25) is 0 Å². The van der Waals surface area contributed by atoms with Crippen LogP contribution in [-0.2, 0) is 24.4 Å². The highest BCUT2D eigenvalue weighted by Crippen LogP contribution is 2.18. The van der Waals surface area contributed by atoms with Crippen LogP contribution in [0.4, 0.5) is 11.4 Å². The molecule has 1 unspecified atom stereocenters. The van der Waals surface area contributed by atoms with Crippen LogP contribution in [0.3, 0.4) is 0 Å². The minimum absolute atomic E-state index is 0.0776. The second kappa shape index (κ2) is 9.58. The molecule has 1 heterocycles. The number of hydrogen-bond acceptors (Lipinski definition) is 6. The van der Waals surface area contributed by atoms with Gasteiger partial charge in [-0.3, -0.25) is 34.9 Å². The number of ketones is 2. The maximum Gasteiger partial charge on any atom is 0.279 e. The second-order valence-corrected chi connectivity index (χ2v) is 8.97. The summed E-state index contributed by atoms with van der Waals surface area (Å²) in [6.07, 6.45) is 4.16. The highest BCUT2D eigenvalue weighted by molar-refractivity contribution is 7.92. The average Bonchev–Trinajstić information content (AvgIpc) is 2.74. The van der Waals surface area contributed by atoms with Gasteiger partial charge in [0.05, 0.1) is 10.6 Å². The number of Topliss-reactive ketones (excluding diaryl/α,β-unsaturated/α-hetero) is 1. The topological polar surface area (TPSA) is 126 Å². The Morgan fingerprint density at radius 2 is 1.59 bits per heavy atom. The number of aryl methyl sites for hydroxylation is 1. The van der Waals surface area contributed by atoms with Crippen LogP contribution < -0.4 is 20.5 Å². The minimum Gasteiger partial charge on any atom is -0.298 e. The standard InChI is InChI=1S/C22H22N4O5S/c1-15-3-9-19(10-4-15)32(30,31)25-18-7-5-17(6-8-18)23-24-22(29)20-14-26(13-16(2)27)12-11-21(20)28/h3-12,14,23,25H,13H2,1-2H3,(H,24,29)/p+1. The van der Waals surface area contributed by atoms with E-state index in [1.807, 2.05) is 6.92 Å². The van der Waals surface area contributed by atoms with Crippen molar-refractivity contribution in [3.8, 4) is 0 Å².